The molecule has 1 saturated carbocycles. The van der Waals surface area contributed by atoms with Crippen molar-refractivity contribution in [3.8, 4) is 5.75 Å². The van der Waals surface area contributed by atoms with Crippen LogP contribution in [-0.4, -0.2) is 55.4 Å². The lowest BCUT2D eigenvalue weighted by molar-refractivity contribution is -0.139. The lowest BCUT2D eigenvalue weighted by Crippen LogP contribution is -2.48. The van der Waals surface area contributed by atoms with Gasteiger partial charge in [0.05, 0.1) is 11.5 Å². The number of esters is 1. The normalized spacial score (nSPS) is 19.6. The molecule has 34 heavy (non-hydrogen) atoms. The molecule has 1 atom stereocenters. The van der Waals surface area contributed by atoms with Crippen molar-refractivity contribution < 1.29 is 27.5 Å². The third-order valence-corrected chi connectivity index (χ3v) is 8.44. The first-order chi connectivity index (χ1) is 16.3. The molecule has 1 heterocycles. The fraction of sp³-hybridized carbons (Fsp3) is 0.462. The summed E-state index contributed by atoms with van der Waals surface area (Å²) in [6.45, 7) is 1.88. The molecule has 7 nitrogen and oxygen atoms in total. The monoisotopic (exact) mass is 485 g/mol. The van der Waals surface area contributed by atoms with Crippen molar-refractivity contribution in [2.24, 2.45) is 0 Å². The van der Waals surface area contributed by atoms with Gasteiger partial charge in [0.2, 0.25) is 0 Å². The van der Waals surface area contributed by atoms with Gasteiger partial charge >= 0.3 is 5.97 Å². The van der Waals surface area contributed by atoms with Gasteiger partial charge < -0.3 is 14.4 Å². The summed E-state index contributed by atoms with van der Waals surface area (Å²) in [5.41, 5.74) is 2.35. The molecule has 1 unspecified atom stereocenters. The van der Waals surface area contributed by atoms with Gasteiger partial charge in [-0.15, -0.1) is 0 Å². The maximum absolute atomic E-state index is 13.1. The average Bonchev–Trinajstić information content (AvgIpc) is 3.47. The molecule has 2 aliphatic rings. The summed E-state index contributed by atoms with van der Waals surface area (Å²) < 4.78 is 35.3. The largest absolute Gasteiger partial charge is 0.488 e. The van der Waals surface area contributed by atoms with Crippen molar-refractivity contribution in [3.63, 3.8) is 0 Å². The van der Waals surface area contributed by atoms with Gasteiger partial charge in [-0.2, -0.15) is 0 Å². The number of rotatable bonds is 8. The van der Waals surface area contributed by atoms with Crippen molar-refractivity contribution in [2.45, 2.75) is 57.7 Å². The zero-order valence-electron chi connectivity index (χ0n) is 19.4. The lowest BCUT2D eigenvalue weighted by Gasteiger charge is -2.33. The van der Waals surface area contributed by atoms with Crippen LogP contribution in [0, 0.1) is 6.92 Å². The smallest absolute Gasteiger partial charge is 0.342 e. The predicted molar refractivity (Wildman–Crippen MR) is 128 cm³/mol. The van der Waals surface area contributed by atoms with E-state index in [0.717, 1.165) is 36.8 Å². The molecule has 0 aromatic heterocycles. The van der Waals surface area contributed by atoms with Gasteiger partial charge in [0.25, 0.3) is 5.91 Å². The van der Waals surface area contributed by atoms with Crippen LogP contribution in [0.25, 0.3) is 0 Å². The summed E-state index contributed by atoms with van der Waals surface area (Å²) >= 11 is 0. The molecule has 182 valence electrons. The number of ether oxygens (including phenoxy) is 2. The molecule has 1 aliphatic heterocycles. The molecule has 4 rings (SSSR count). The fourth-order valence-electron chi connectivity index (χ4n) is 4.85. The van der Waals surface area contributed by atoms with Crippen LogP contribution in [0.15, 0.2) is 48.5 Å². The van der Waals surface area contributed by atoms with Crippen LogP contribution in [0.2, 0.25) is 0 Å². The zero-order valence-corrected chi connectivity index (χ0v) is 20.3. The highest BCUT2D eigenvalue weighted by atomic mass is 32.2. The minimum Gasteiger partial charge on any atom is -0.488 e. The topological polar surface area (TPSA) is 90.0 Å². The van der Waals surface area contributed by atoms with E-state index in [1.54, 1.807) is 29.2 Å². The van der Waals surface area contributed by atoms with Gasteiger partial charge in [-0.1, -0.05) is 49.2 Å². The van der Waals surface area contributed by atoms with E-state index in [9.17, 15) is 18.0 Å². The van der Waals surface area contributed by atoms with E-state index in [1.807, 2.05) is 31.2 Å². The van der Waals surface area contributed by atoms with Gasteiger partial charge in [-0.25, -0.2) is 13.2 Å². The summed E-state index contributed by atoms with van der Waals surface area (Å²) in [5, 5.41) is 0. The number of carbonyl (C=O) groups excluding carboxylic acids is 2. The van der Waals surface area contributed by atoms with Crippen LogP contribution < -0.4 is 4.74 Å². The molecule has 2 aromatic carbocycles. The summed E-state index contributed by atoms with van der Waals surface area (Å²) in [4.78, 5) is 27.7. The van der Waals surface area contributed by atoms with E-state index in [2.05, 4.69) is 0 Å². The van der Waals surface area contributed by atoms with E-state index in [-0.39, 0.29) is 35.1 Å². The minimum absolute atomic E-state index is 0.00855. The molecule has 1 amide bonds. The Hall–Kier alpha value is -2.87. The number of aryl methyl sites for hydroxylation is 1. The van der Waals surface area contributed by atoms with Crippen LogP contribution in [0.1, 0.15) is 53.6 Å². The Morgan fingerprint density at radius 2 is 1.68 bits per heavy atom. The highest BCUT2D eigenvalue weighted by Crippen LogP contribution is 2.29. The molecular formula is C26H31NO6S. The molecule has 1 aliphatic carbocycles. The molecule has 0 N–H and O–H groups in total. The van der Waals surface area contributed by atoms with Crippen LogP contribution in [0.5, 0.6) is 5.75 Å². The zero-order chi connectivity index (χ0) is 24.1. The van der Waals surface area contributed by atoms with Crippen molar-refractivity contribution in [1.82, 2.24) is 4.90 Å². The number of benzene rings is 2. The second-order valence-corrected chi connectivity index (χ2v) is 11.3. The van der Waals surface area contributed by atoms with Crippen LogP contribution >= 0.6 is 0 Å². The van der Waals surface area contributed by atoms with Crippen LogP contribution in [-0.2, 0) is 26.0 Å². The molecule has 1 saturated heterocycles. The Labute approximate surface area is 201 Å². The number of hydrogen-bond acceptors (Lipinski definition) is 6. The third kappa shape index (κ3) is 5.78. The third-order valence-electron chi connectivity index (χ3n) is 6.69. The first kappa shape index (κ1) is 24.3. The number of hydrogen-bond donors (Lipinski definition) is 0. The summed E-state index contributed by atoms with van der Waals surface area (Å²) in [6, 6.07) is 14.3. The number of sulfone groups is 1. The summed E-state index contributed by atoms with van der Waals surface area (Å²) in [6.07, 6.45) is 4.17. The Balaban J connectivity index is 1.41. The Bertz CT molecular complexity index is 1140. The first-order valence-electron chi connectivity index (χ1n) is 11.8. The SMILES string of the molecule is Cc1ccccc1COc1ccccc1C(=O)OCC(=O)N(C1CCCC1)C1CCS(=O)(=O)C1. The number of carbonyl (C=O) groups is 2. The maximum atomic E-state index is 13.1. The Morgan fingerprint density at radius 1 is 0.971 bits per heavy atom. The van der Waals surface area contributed by atoms with Gasteiger partial charge in [0, 0.05) is 12.1 Å². The lowest BCUT2D eigenvalue weighted by atomic mass is 10.1. The standard InChI is InChI=1S/C26H31NO6S/c1-19-8-2-3-9-20(19)16-32-24-13-7-6-12-23(24)26(29)33-17-25(28)27(21-10-4-5-11-21)22-14-15-34(30,31)18-22/h2-3,6-9,12-13,21-22H,4-5,10-11,14-18H2,1H3. The van der Waals surface area contributed by atoms with E-state index in [0.29, 0.717) is 18.8 Å². The molecule has 8 heteroatoms. The summed E-state index contributed by atoms with van der Waals surface area (Å²) in [5.74, 6) is -0.504. The van der Waals surface area contributed by atoms with Gasteiger partial charge in [0.1, 0.15) is 17.9 Å². The first-order valence-corrected chi connectivity index (χ1v) is 13.6. The average molecular weight is 486 g/mol. The molecule has 2 fully saturated rings. The number of nitrogens with zero attached hydrogens (tertiary/aromatic N) is 1. The minimum atomic E-state index is -3.13. The van der Waals surface area contributed by atoms with E-state index < -0.39 is 22.4 Å². The molecule has 2 aromatic rings. The molecule has 0 bridgehead atoms. The van der Waals surface area contributed by atoms with E-state index >= 15 is 0 Å². The maximum Gasteiger partial charge on any atom is 0.342 e. The van der Waals surface area contributed by atoms with E-state index in [4.69, 9.17) is 9.47 Å². The molecular weight excluding hydrogens is 454 g/mol. The number of para-hydroxylation sites is 1. The fourth-order valence-corrected chi connectivity index (χ4v) is 6.56. The second-order valence-electron chi connectivity index (χ2n) is 9.08. The van der Waals surface area contributed by atoms with Crippen molar-refractivity contribution in [2.75, 3.05) is 18.1 Å². The van der Waals surface area contributed by atoms with Crippen molar-refractivity contribution in [3.05, 3.63) is 65.2 Å². The van der Waals surface area contributed by atoms with Crippen molar-refractivity contribution >= 4 is 21.7 Å². The van der Waals surface area contributed by atoms with Gasteiger partial charge in [0.15, 0.2) is 16.4 Å². The predicted octanol–water partition coefficient (Wildman–Crippen LogP) is 3.69. The second kappa shape index (κ2) is 10.6. The Kier molecular flexibility index (Phi) is 7.56. The Morgan fingerprint density at radius 3 is 2.38 bits per heavy atom. The molecule has 0 spiro atoms. The van der Waals surface area contributed by atoms with Crippen LogP contribution in [0.4, 0.5) is 0 Å². The van der Waals surface area contributed by atoms with Crippen LogP contribution in [0.3, 0.4) is 0 Å². The summed E-state index contributed by atoms with van der Waals surface area (Å²) in [7, 11) is -3.13. The quantitative estimate of drug-likeness (QED) is 0.530. The van der Waals surface area contributed by atoms with Gasteiger partial charge in [-0.05, 0) is 49.4 Å². The number of amides is 1. The molecule has 0 radical (unpaired) electrons. The highest BCUT2D eigenvalue weighted by Gasteiger charge is 2.39. The highest BCUT2D eigenvalue weighted by molar-refractivity contribution is 7.91. The van der Waals surface area contributed by atoms with Gasteiger partial charge in [-0.3, -0.25) is 4.79 Å². The van der Waals surface area contributed by atoms with Crippen molar-refractivity contribution in [1.29, 1.82) is 0 Å². The van der Waals surface area contributed by atoms with E-state index in [1.165, 1.54) is 0 Å².